The summed E-state index contributed by atoms with van der Waals surface area (Å²) in [6.45, 7) is 1.33. The molecule has 8 nitrogen and oxygen atoms in total. The van der Waals surface area contributed by atoms with Crippen LogP contribution < -0.4 is 20.1 Å². The predicted molar refractivity (Wildman–Crippen MR) is 115 cm³/mol. The zero-order valence-corrected chi connectivity index (χ0v) is 17.1. The van der Waals surface area contributed by atoms with E-state index in [0.717, 1.165) is 18.6 Å². The summed E-state index contributed by atoms with van der Waals surface area (Å²) < 4.78 is 10.9. The minimum atomic E-state index is -0.283. The van der Waals surface area contributed by atoms with Gasteiger partial charge in [0.25, 0.3) is 5.91 Å². The number of benzene rings is 2. The summed E-state index contributed by atoms with van der Waals surface area (Å²) in [5, 5.41) is 5.62. The van der Waals surface area contributed by atoms with Crippen LogP contribution in [-0.2, 0) is 14.4 Å². The Kier molecular flexibility index (Phi) is 6.35. The van der Waals surface area contributed by atoms with Crippen molar-refractivity contribution < 1.29 is 23.9 Å². The number of hydrogen-bond acceptors (Lipinski definition) is 5. The third kappa shape index (κ3) is 5.33. The van der Waals surface area contributed by atoms with Gasteiger partial charge in [0.15, 0.2) is 6.61 Å². The summed E-state index contributed by atoms with van der Waals surface area (Å²) in [7, 11) is 0. The fourth-order valence-corrected chi connectivity index (χ4v) is 3.75. The molecule has 0 aliphatic carbocycles. The minimum absolute atomic E-state index is 0.0120. The molecule has 162 valence electrons. The van der Waals surface area contributed by atoms with E-state index < -0.39 is 0 Å². The zero-order valence-electron chi connectivity index (χ0n) is 17.1. The van der Waals surface area contributed by atoms with E-state index in [1.54, 1.807) is 23.1 Å². The molecule has 2 heterocycles. The smallest absolute Gasteiger partial charge is 0.262 e. The van der Waals surface area contributed by atoms with Gasteiger partial charge in [0.1, 0.15) is 11.5 Å². The van der Waals surface area contributed by atoms with Crippen LogP contribution in [0.4, 0.5) is 11.4 Å². The molecule has 31 heavy (non-hydrogen) atoms. The number of nitrogens with one attached hydrogen (secondary N) is 2. The molecule has 1 saturated heterocycles. The highest BCUT2D eigenvalue weighted by molar-refractivity contribution is 5.98. The van der Waals surface area contributed by atoms with E-state index in [-0.39, 0.29) is 36.7 Å². The molecular weight excluding hydrogens is 398 g/mol. The van der Waals surface area contributed by atoms with Crippen LogP contribution in [-0.4, -0.2) is 48.9 Å². The minimum Gasteiger partial charge on any atom is -0.493 e. The number of likely N-dealkylation sites (tertiary alicyclic amines) is 1. The number of nitrogens with zero attached hydrogens (tertiary/aromatic N) is 1. The van der Waals surface area contributed by atoms with E-state index in [2.05, 4.69) is 10.6 Å². The Morgan fingerprint density at radius 2 is 2.03 bits per heavy atom. The average Bonchev–Trinajstić information content (AvgIpc) is 2.79. The molecule has 3 amide bonds. The Morgan fingerprint density at radius 3 is 2.87 bits per heavy atom. The molecular formula is C23H25N3O5. The van der Waals surface area contributed by atoms with Crippen LogP contribution in [0.3, 0.4) is 0 Å². The first-order chi connectivity index (χ1) is 15.1. The van der Waals surface area contributed by atoms with E-state index in [0.29, 0.717) is 36.8 Å². The van der Waals surface area contributed by atoms with Crippen molar-refractivity contribution in [2.45, 2.75) is 19.3 Å². The van der Waals surface area contributed by atoms with E-state index in [9.17, 15) is 14.4 Å². The fraction of sp³-hybridized carbons (Fsp3) is 0.348. The first-order valence-corrected chi connectivity index (χ1v) is 10.4. The fourth-order valence-electron chi connectivity index (χ4n) is 3.75. The number of fused-ring (bicyclic) bond motifs is 1. The van der Waals surface area contributed by atoms with E-state index >= 15 is 0 Å². The maximum absolute atomic E-state index is 12.8. The normalized spacial score (nSPS) is 17.7. The number of carbonyl (C=O) groups excluding carboxylic acids is 3. The number of para-hydroxylation sites is 1. The van der Waals surface area contributed by atoms with Crippen molar-refractivity contribution in [1.82, 2.24) is 4.90 Å². The first kappa shape index (κ1) is 20.7. The van der Waals surface area contributed by atoms with Gasteiger partial charge in [0.2, 0.25) is 11.8 Å². The number of carbonyl (C=O) groups is 3. The van der Waals surface area contributed by atoms with E-state index in [1.807, 2.05) is 30.3 Å². The van der Waals surface area contributed by atoms with Gasteiger partial charge >= 0.3 is 0 Å². The van der Waals surface area contributed by atoms with Gasteiger partial charge in [0, 0.05) is 18.8 Å². The Hall–Kier alpha value is -3.55. The standard InChI is InChI=1S/C23H25N3O5/c27-21-15-31-20-9-8-17(13-19(20)25-21)24-23(29)16-5-4-11-26(14-16)22(28)10-12-30-18-6-2-1-3-7-18/h1-3,6-9,13,16H,4-5,10-12,14-15H2,(H,24,29)(H,25,27). The van der Waals surface area contributed by atoms with Crippen molar-refractivity contribution in [2.24, 2.45) is 5.92 Å². The zero-order chi connectivity index (χ0) is 21.6. The number of piperidine rings is 1. The molecule has 2 aromatic rings. The van der Waals surface area contributed by atoms with Crippen molar-refractivity contribution in [3.63, 3.8) is 0 Å². The molecule has 4 rings (SSSR count). The molecule has 2 aliphatic heterocycles. The second kappa shape index (κ2) is 9.51. The number of rotatable bonds is 6. The molecule has 8 heteroatoms. The largest absolute Gasteiger partial charge is 0.493 e. The Bertz CT molecular complexity index is 963. The summed E-state index contributed by atoms with van der Waals surface area (Å²) in [6, 6.07) is 14.5. The van der Waals surface area contributed by atoms with E-state index in [1.165, 1.54) is 0 Å². The molecule has 0 radical (unpaired) electrons. The van der Waals surface area contributed by atoms with Crippen molar-refractivity contribution in [3.05, 3.63) is 48.5 Å². The molecule has 0 bridgehead atoms. The van der Waals surface area contributed by atoms with Gasteiger partial charge in [0.05, 0.1) is 24.6 Å². The maximum Gasteiger partial charge on any atom is 0.262 e. The SMILES string of the molecule is O=C1COc2ccc(NC(=O)C3CCCN(C(=O)CCOc4ccccc4)C3)cc2N1. The number of amides is 3. The van der Waals surface area contributed by atoms with Gasteiger partial charge in [-0.15, -0.1) is 0 Å². The van der Waals surface area contributed by atoms with E-state index in [4.69, 9.17) is 9.47 Å². The van der Waals surface area contributed by atoms with Crippen molar-refractivity contribution in [1.29, 1.82) is 0 Å². The van der Waals surface area contributed by atoms with Crippen LogP contribution in [0.25, 0.3) is 0 Å². The first-order valence-electron chi connectivity index (χ1n) is 10.4. The molecule has 0 saturated carbocycles. The van der Waals surface area contributed by atoms with Gasteiger partial charge in [-0.05, 0) is 43.2 Å². The molecule has 0 spiro atoms. The molecule has 2 aliphatic rings. The second-order valence-electron chi connectivity index (χ2n) is 7.63. The molecule has 2 N–H and O–H groups in total. The number of anilines is 2. The molecule has 2 aromatic carbocycles. The highest BCUT2D eigenvalue weighted by Gasteiger charge is 2.28. The van der Waals surface area contributed by atoms with Gasteiger partial charge in [-0.1, -0.05) is 18.2 Å². The van der Waals surface area contributed by atoms with Crippen molar-refractivity contribution in [3.8, 4) is 11.5 Å². The Morgan fingerprint density at radius 1 is 1.19 bits per heavy atom. The lowest BCUT2D eigenvalue weighted by Gasteiger charge is -2.32. The topological polar surface area (TPSA) is 97.0 Å². The molecule has 1 atom stereocenters. The average molecular weight is 423 g/mol. The van der Waals surface area contributed by atoms with Crippen LogP contribution in [0, 0.1) is 5.92 Å². The summed E-state index contributed by atoms with van der Waals surface area (Å²) in [5.74, 6) is 0.647. The predicted octanol–water partition coefficient (Wildman–Crippen LogP) is 2.66. The highest BCUT2D eigenvalue weighted by atomic mass is 16.5. The van der Waals surface area contributed by atoms with Gasteiger partial charge < -0.3 is 25.0 Å². The van der Waals surface area contributed by atoms with Gasteiger partial charge in [-0.25, -0.2) is 0 Å². The highest BCUT2D eigenvalue weighted by Crippen LogP contribution is 2.31. The third-order valence-corrected chi connectivity index (χ3v) is 5.35. The van der Waals surface area contributed by atoms with Crippen molar-refractivity contribution in [2.75, 3.05) is 36.9 Å². The van der Waals surface area contributed by atoms with Crippen molar-refractivity contribution >= 4 is 29.1 Å². The Balaban J connectivity index is 1.28. The summed E-state index contributed by atoms with van der Waals surface area (Å²) in [5.41, 5.74) is 1.11. The lowest BCUT2D eigenvalue weighted by molar-refractivity contribution is -0.135. The lowest BCUT2D eigenvalue weighted by Crippen LogP contribution is -2.44. The Labute approximate surface area is 180 Å². The third-order valence-electron chi connectivity index (χ3n) is 5.35. The van der Waals surface area contributed by atoms with Crippen LogP contribution >= 0.6 is 0 Å². The molecule has 0 aromatic heterocycles. The number of ether oxygens (including phenoxy) is 2. The molecule has 1 fully saturated rings. The van der Waals surface area contributed by atoms with Crippen LogP contribution in [0.15, 0.2) is 48.5 Å². The summed E-state index contributed by atoms with van der Waals surface area (Å²) in [6.07, 6.45) is 1.77. The monoisotopic (exact) mass is 423 g/mol. The summed E-state index contributed by atoms with van der Waals surface area (Å²) in [4.78, 5) is 38.6. The van der Waals surface area contributed by atoms with Gasteiger partial charge in [-0.2, -0.15) is 0 Å². The maximum atomic E-state index is 12.8. The molecule has 1 unspecified atom stereocenters. The lowest BCUT2D eigenvalue weighted by atomic mass is 9.96. The van der Waals surface area contributed by atoms with Crippen LogP contribution in [0.5, 0.6) is 11.5 Å². The summed E-state index contributed by atoms with van der Waals surface area (Å²) >= 11 is 0. The van der Waals surface area contributed by atoms with Gasteiger partial charge in [-0.3, -0.25) is 14.4 Å². The number of hydrogen-bond donors (Lipinski definition) is 2. The second-order valence-corrected chi connectivity index (χ2v) is 7.63. The quantitative estimate of drug-likeness (QED) is 0.745. The van der Waals surface area contributed by atoms with Crippen LogP contribution in [0.1, 0.15) is 19.3 Å². The van der Waals surface area contributed by atoms with Crippen LogP contribution in [0.2, 0.25) is 0 Å².